The van der Waals surface area contributed by atoms with Gasteiger partial charge in [-0.25, -0.2) is 0 Å². The van der Waals surface area contributed by atoms with E-state index in [1.54, 1.807) is 33.3 Å². The highest BCUT2D eigenvalue weighted by Crippen LogP contribution is 2.59. The predicted octanol–water partition coefficient (Wildman–Crippen LogP) is 3.52. The highest BCUT2D eigenvalue weighted by Gasteiger charge is 2.59. The van der Waals surface area contributed by atoms with Gasteiger partial charge in [0.1, 0.15) is 17.5 Å². The largest absolute Gasteiger partial charge is 0.496 e. The molecule has 4 aliphatic heterocycles. The average molecular weight is 539 g/mol. The molecule has 0 radical (unpaired) electrons. The van der Waals surface area contributed by atoms with Crippen molar-refractivity contribution in [1.29, 1.82) is 0 Å². The maximum absolute atomic E-state index is 14.7. The maximum atomic E-state index is 14.7. The van der Waals surface area contributed by atoms with Crippen molar-refractivity contribution in [2.24, 2.45) is 0 Å². The molecule has 0 N–H and O–H groups in total. The molecule has 1 saturated heterocycles. The van der Waals surface area contributed by atoms with Crippen LogP contribution in [0, 0.1) is 13.8 Å². The summed E-state index contributed by atoms with van der Waals surface area (Å²) in [6, 6.07) is -2.21. The molecule has 2 aromatic rings. The number of ether oxygens (including phenoxy) is 6. The van der Waals surface area contributed by atoms with Gasteiger partial charge in [0.05, 0.1) is 52.1 Å². The first-order chi connectivity index (χ1) is 18.8. The second kappa shape index (κ2) is 8.94. The molecular formula is C29H34N2O8. The topological polar surface area (TPSA) is 96.0 Å². The average Bonchev–Trinajstić information content (AvgIpc) is 3.42. The van der Waals surface area contributed by atoms with Gasteiger partial charge >= 0.3 is 0 Å². The fourth-order valence-corrected chi connectivity index (χ4v) is 7.37. The van der Waals surface area contributed by atoms with Gasteiger partial charge in [-0.3, -0.25) is 14.5 Å². The van der Waals surface area contributed by atoms with Crippen LogP contribution in [0.5, 0.6) is 34.5 Å². The second-order valence-electron chi connectivity index (χ2n) is 10.4. The van der Waals surface area contributed by atoms with E-state index >= 15 is 0 Å². The van der Waals surface area contributed by atoms with Gasteiger partial charge < -0.3 is 33.3 Å². The summed E-state index contributed by atoms with van der Waals surface area (Å²) in [5.41, 5.74) is 4.28. The molecule has 1 amide bonds. The smallest absolute Gasteiger partial charge is 0.241 e. The minimum Gasteiger partial charge on any atom is -0.496 e. The molecule has 4 heterocycles. The summed E-state index contributed by atoms with van der Waals surface area (Å²) in [6.07, 6.45) is 0.999. The highest BCUT2D eigenvalue weighted by atomic mass is 16.7. The van der Waals surface area contributed by atoms with Crippen LogP contribution >= 0.6 is 0 Å². The lowest BCUT2D eigenvalue weighted by Gasteiger charge is -2.56. The van der Waals surface area contributed by atoms with Crippen molar-refractivity contribution in [2.75, 3.05) is 42.3 Å². The van der Waals surface area contributed by atoms with Crippen molar-refractivity contribution < 1.29 is 38.0 Å². The van der Waals surface area contributed by atoms with Gasteiger partial charge in [0, 0.05) is 34.2 Å². The minimum absolute atomic E-state index is 0.0509. The zero-order valence-electron chi connectivity index (χ0n) is 23.6. The third-order valence-corrected chi connectivity index (χ3v) is 8.92. The molecule has 208 valence electrons. The van der Waals surface area contributed by atoms with Crippen LogP contribution in [0.3, 0.4) is 0 Å². The minimum atomic E-state index is -0.824. The number of Topliss-reactive ketones (excluding diaryl/α,β-unsaturated/α-hetero) is 1. The Balaban J connectivity index is 1.68. The summed E-state index contributed by atoms with van der Waals surface area (Å²) in [7, 11) is 8.26. The van der Waals surface area contributed by atoms with Crippen molar-refractivity contribution in [3.05, 3.63) is 33.4 Å². The zero-order chi connectivity index (χ0) is 27.9. The van der Waals surface area contributed by atoms with Crippen LogP contribution in [0.2, 0.25) is 0 Å². The molecule has 0 aliphatic carbocycles. The number of nitrogens with zero attached hydrogens (tertiary/aromatic N) is 2. The summed E-state index contributed by atoms with van der Waals surface area (Å²) in [6.45, 7) is 5.84. The lowest BCUT2D eigenvalue weighted by atomic mass is 9.72. The summed E-state index contributed by atoms with van der Waals surface area (Å²) >= 11 is 0. The Kier molecular flexibility index (Phi) is 5.87. The number of amides is 1. The number of benzene rings is 2. The molecule has 0 spiro atoms. The van der Waals surface area contributed by atoms with Crippen molar-refractivity contribution >= 4 is 11.7 Å². The summed E-state index contributed by atoms with van der Waals surface area (Å²) in [4.78, 5) is 32.8. The molecule has 4 aliphatic rings. The molecule has 10 nitrogen and oxygen atoms in total. The quantitative estimate of drug-likeness (QED) is 0.567. The third-order valence-electron chi connectivity index (χ3n) is 8.92. The van der Waals surface area contributed by atoms with Crippen LogP contribution in [0.25, 0.3) is 0 Å². The summed E-state index contributed by atoms with van der Waals surface area (Å²) in [5, 5.41) is 0. The zero-order valence-corrected chi connectivity index (χ0v) is 23.6. The van der Waals surface area contributed by atoms with Crippen LogP contribution in [0.4, 0.5) is 0 Å². The van der Waals surface area contributed by atoms with E-state index in [1.165, 1.54) is 0 Å². The number of ketones is 1. The van der Waals surface area contributed by atoms with Gasteiger partial charge in [-0.15, -0.1) is 0 Å². The summed E-state index contributed by atoms with van der Waals surface area (Å²) in [5.74, 6) is 3.00. The normalized spacial score (nSPS) is 24.7. The van der Waals surface area contributed by atoms with E-state index in [1.807, 2.05) is 32.7 Å². The molecular weight excluding hydrogens is 504 g/mol. The monoisotopic (exact) mass is 538 g/mol. The van der Waals surface area contributed by atoms with E-state index in [4.69, 9.17) is 28.4 Å². The summed E-state index contributed by atoms with van der Waals surface area (Å²) < 4.78 is 35.2. The highest BCUT2D eigenvalue weighted by molar-refractivity contribution is 6.10. The van der Waals surface area contributed by atoms with Gasteiger partial charge in [0.25, 0.3) is 0 Å². The number of methoxy groups -OCH3 is 4. The number of carbonyl (C=O) groups is 2. The Hall–Kier alpha value is -3.66. The number of fused-ring (bicyclic) bond motifs is 9. The van der Waals surface area contributed by atoms with Crippen LogP contribution in [0.15, 0.2) is 0 Å². The van der Waals surface area contributed by atoms with Gasteiger partial charge in [-0.1, -0.05) is 6.92 Å². The molecule has 6 rings (SSSR count). The lowest BCUT2D eigenvalue weighted by molar-refractivity contribution is -0.153. The van der Waals surface area contributed by atoms with E-state index in [0.717, 1.165) is 16.7 Å². The van der Waals surface area contributed by atoms with Gasteiger partial charge in [0.2, 0.25) is 12.7 Å². The van der Waals surface area contributed by atoms with E-state index in [2.05, 4.69) is 0 Å². The third kappa shape index (κ3) is 3.06. The maximum Gasteiger partial charge on any atom is 0.241 e. The van der Waals surface area contributed by atoms with Gasteiger partial charge in [-0.05, 0) is 27.3 Å². The molecule has 39 heavy (non-hydrogen) atoms. The van der Waals surface area contributed by atoms with E-state index in [-0.39, 0.29) is 18.5 Å². The Labute approximate surface area is 227 Å². The van der Waals surface area contributed by atoms with Gasteiger partial charge in [0.15, 0.2) is 28.8 Å². The SMILES string of the molecule is CC[C@H]1c2c3c(c(C)c(OC)c2C(=O)C2C4c5c(c(OC)c(C)c(OC)c5OC)C[C@@H](C(=O)N21)N4C)OCO3. The fourth-order valence-electron chi connectivity index (χ4n) is 7.37. The lowest BCUT2D eigenvalue weighted by Crippen LogP contribution is -2.68. The number of hydrogen-bond donors (Lipinski definition) is 0. The van der Waals surface area contributed by atoms with E-state index in [9.17, 15) is 9.59 Å². The number of hydrogen-bond acceptors (Lipinski definition) is 9. The number of likely N-dealkylation sites (N-methyl/N-ethyl adjacent to an activating group) is 1. The Morgan fingerprint density at radius 3 is 2.08 bits per heavy atom. The van der Waals surface area contributed by atoms with E-state index < -0.39 is 24.2 Å². The second-order valence-corrected chi connectivity index (χ2v) is 10.4. The standard InChI is InChI=1S/C29H34N2O8/c1-9-15-18-19(24(35-6)13(3)26-28(18)39-11-38-26)22(32)21-20-17-14(10-16(30(20)4)29(33)31(15)21)23(34-5)12(2)25(36-7)27(17)37-8/h15-16,20-21H,9-11H2,1-8H3/t15-,16-,20?,21?/m0/s1. The number of carbonyl (C=O) groups excluding carboxylic acids is 2. The van der Waals surface area contributed by atoms with Crippen molar-refractivity contribution in [3.8, 4) is 34.5 Å². The van der Waals surface area contributed by atoms with Crippen LogP contribution < -0.4 is 28.4 Å². The Morgan fingerprint density at radius 1 is 0.821 bits per heavy atom. The molecule has 2 unspecified atom stereocenters. The van der Waals surface area contributed by atoms with Crippen LogP contribution in [-0.2, 0) is 11.2 Å². The number of rotatable bonds is 5. The molecule has 2 bridgehead atoms. The van der Waals surface area contributed by atoms with Crippen molar-refractivity contribution in [3.63, 3.8) is 0 Å². The molecule has 10 heteroatoms. The van der Waals surface area contributed by atoms with Crippen LogP contribution in [0.1, 0.15) is 63.6 Å². The molecule has 0 saturated carbocycles. The Bertz CT molecular complexity index is 1420. The molecule has 0 aromatic heterocycles. The van der Waals surface area contributed by atoms with Crippen molar-refractivity contribution in [1.82, 2.24) is 9.80 Å². The molecule has 1 fully saturated rings. The van der Waals surface area contributed by atoms with E-state index in [0.29, 0.717) is 64.0 Å². The first kappa shape index (κ1) is 25.6. The molecule has 2 aromatic carbocycles. The first-order valence-electron chi connectivity index (χ1n) is 13.2. The fraction of sp³-hybridized carbons (Fsp3) is 0.517. The first-order valence-corrected chi connectivity index (χ1v) is 13.2. The predicted molar refractivity (Wildman–Crippen MR) is 141 cm³/mol. The number of piperazine rings is 1. The molecule has 4 atom stereocenters. The Morgan fingerprint density at radius 2 is 1.46 bits per heavy atom. The van der Waals surface area contributed by atoms with Gasteiger partial charge in [-0.2, -0.15) is 0 Å². The van der Waals surface area contributed by atoms with Crippen LogP contribution in [-0.4, -0.2) is 75.9 Å². The van der Waals surface area contributed by atoms with Crippen molar-refractivity contribution in [2.45, 2.75) is 57.8 Å².